The van der Waals surface area contributed by atoms with Crippen LogP contribution in [-0.4, -0.2) is 46.7 Å². The van der Waals surface area contributed by atoms with Gasteiger partial charge >= 0.3 is 0 Å². The van der Waals surface area contributed by atoms with E-state index in [-0.39, 0.29) is 6.04 Å². The highest BCUT2D eigenvalue weighted by atomic mass is 15.2. The Bertz CT molecular complexity index is 1080. The molecule has 35 heavy (non-hydrogen) atoms. The van der Waals surface area contributed by atoms with E-state index in [1.807, 2.05) is 6.07 Å². The van der Waals surface area contributed by atoms with E-state index in [0.29, 0.717) is 46.7 Å². The molecule has 0 amide bonds. The molecule has 9 nitrogen and oxygen atoms in total. The number of hydrogen-bond acceptors (Lipinski definition) is 9. The molecule has 0 radical (unpaired) electrons. The molecule has 3 aliphatic rings. The van der Waals surface area contributed by atoms with Crippen molar-refractivity contribution in [2.75, 3.05) is 35.2 Å². The molecule has 4 atom stereocenters. The minimum atomic E-state index is 0.254. The number of nitrogens with two attached hydrogens (primary N) is 1. The smallest absolute Gasteiger partial charge is 0.224 e. The van der Waals surface area contributed by atoms with Crippen molar-refractivity contribution in [3.63, 3.8) is 0 Å². The number of fused-ring (bicyclic) bond motifs is 2. The molecule has 2 unspecified atom stereocenters. The average molecular weight is 472 g/mol. The summed E-state index contributed by atoms with van der Waals surface area (Å²) in [5, 5.41) is 25.4. The van der Waals surface area contributed by atoms with Gasteiger partial charge in [0.05, 0.1) is 11.8 Å². The normalized spacial score (nSPS) is 26.4. The molecule has 2 aliphatic carbocycles. The second kappa shape index (κ2) is 10.5. The first-order valence-electron chi connectivity index (χ1n) is 12.8. The largest absolute Gasteiger partial charge is 0.369 e. The lowest BCUT2D eigenvalue weighted by Crippen LogP contribution is -2.47. The number of aromatic nitrogens is 3. The summed E-state index contributed by atoms with van der Waals surface area (Å²) in [5.74, 6) is 3.92. The SMILES string of the molecule is N#Cc1ccc(N2CCC(Nc3ncc(C#N)c(NCC4C[C@H]5CCC[C@@H](C4)C5N)n3)CC2)nc1. The number of nitrogens with zero attached hydrogens (tertiary/aromatic N) is 6. The Balaban J connectivity index is 1.16. The fourth-order valence-corrected chi connectivity index (χ4v) is 6.06. The third kappa shape index (κ3) is 5.31. The molecule has 3 heterocycles. The fraction of sp³-hybridized carbons (Fsp3) is 0.577. The van der Waals surface area contributed by atoms with Crippen molar-refractivity contribution in [2.24, 2.45) is 23.5 Å². The van der Waals surface area contributed by atoms with Gasteiger partial charge in [-0.2, -0.15) is 15.5 Å². The number of nitrogens with one attached hydrogen (secondary N) is 2. The van der Waals surface area contributed by atoms with Crippen LogP contribution in [0.15, 0.2) is 24.5 Å². The van der Waals surface area contributed by atoms with Gasteiger partial charge in [-0.1, -0.05) is 6.42 Å². The summed E-state index contributed by atoms with van der Waals surface area (Å²) in [4.78, 5) is 15.7. The van der Waals surface area contributed by atoms with E-state index in [4.69, 9.17) is 11.0 Å². The molecule has 2 aromatic rings. The minimum absolute atomic E-state index is 0.254. The van der Waals surface area contributed by atoms with Crippen molar-refractivity contribution >= 4 is 17.6 Å². The first-order chi connectivity index (χ1) is 17.1. The van der Waals surface area contributed by atoms with Crippen molar-refractivity contribution in [3.8, 4) is 12.1 Å². The number of anilines is 3. The molecule has 5 rings (SSSR count). The Morgan fingerprint density at radius 2 is 1.77 bits per heavy atom. The second-order valence-electron chi connectivity index (χ2n) is 10.2. The van der Waals surface area contributed by atoms with Gasteiger partial charge < -0.3 is 21.3 Å². The summed E-state index contributed by atoms with van der Waals surface area (Å²) in [5.41, 5.74) is 7.50. The lowest BCUT2D eigenvalue weighted by atomic mass is 9.65. The third-order valence-electron chi connectivity index (χ3n) is 8.01. The van der Waals surface area contributed by atoms with Gasteiger partial charge in [-0.3, -0.25) is 0 Å². The van der Waals surface area contributed by atoms with Gasteiger partial charge in [0.15, 0.2) is 0 Å². The molecule has 1 aliphatic heterocycles. The number of rotatable bonds is 6. The molecule has 0 aromatic carbocycles. The highest BCUT2D eigenvalue weighted by Crippen LogP contribution is 2.41. The van der Waals surface area contributed by atoms with Gasteiger partial charge in [0.1, 0.15) is 29.3 Å². The maximum atomic E-state index is 9.57. The molecule has 2 bridgehead atoms. The first-order valence-corrected chi connectivity index (χ1v) is 12.8. The predicted molar refractivity (Wildman–Crippen MR) is 135 cm³/mol. The van der Waals surface area contributed by atoms with Gasteiger partial charge in [0.25, 0.3) is 0 Å². The van der Waals surface area contributed by atoms with Crippen LogP contribution in [0.25, 0.3) is 0 Å². The molecular weight excluding hydrogens is 438 g/mol. The van der Waals surface area contributed by atoms with E-state index < -0.39 is 0 Å². The first kappa shape index (κ1) is 23.3. The number of nitriles is 2. The second-order valence-corrected chi connectivity index (χ2v) is 10.2. The van der Waals surface area contributed by atoms with Crippen LogP contribution in [0.4, 0.5) is 17.6 Å². The van der Waals surface area contributed by atoms with Crippen molar-refractivity contribution in [1.29, 1.82) is 10.5 Å². The van der Waals surface area contributed by atoms with Crippen molar-refractivity contribution in [1.82, 2.24) is 15.0 Å². The average Bonchev–Trinajstić information content (AvgIpc) is 2.88. The summed E-state index contributed by atoms with van der Waals surface area (Å²) in [6, 6.07) is 8.66. The Hall–Kier alpha value is -3.43. The zero-order chi connectivity index (χ0) is 24.2. The molecular formula is C26H33N9. The van der Waals surface area contributed by atoms with E-state index in [0.717, 1.165) is 51.1 Å². The Labute approximate surface area is 206 Å². The molecule has 9 heteroatoms. The maximum Gasteiger partial charge on any atom is 0.224 e. The summed E-state index contributed by atoms with van der Waals surface area (Å²) in [6.45, 7) is 2.55. The van der Waals surface area contributed by atoms with E-state index in [9.17, 15) is 5.26 Å². The molecule has 1 saturated heterocycles. The van der Waals surface area contributed by atoms with E-state index in [1.165, 1.54) is 19.3 Å². The third-order valence-corrected chi connectivity index (χ3v) is 8.01. The monoisotopic (exact) mass is 471 g/mol. The van der Waals surface area contributed by atoms with Crippen LogP contribution < -0.4 is 21.3 Å². The zero-order valence-corrected chi connectivity index (χ0v) is 20.0. The van der Waals surface area contributed by atoms with Crippen LogP contribution in [0, 0.1) is 40.4 Å². The standard InChI is InChI=1S/C26H33N9/c27-12-17-4-5-23(30-14-17)35-8-6-22(7-9-35)33-26-32-16-21(13-28)25(34-26)31-15-18-10-19-2-1-3-20(11-18)24(19)29/h4-5,14,16,18-20,22,24H,1-3,6-11,15,29H2,(H2,31,32,33,34)/t18?,19-,20+,24?. The van der Waals surface area contributed by atoms with Crippen LogP contribution in [-0.2, 0) is 0 Å². The maximum absolute atomic E-state index is 9.57. The molecule has 0 spiro atoms. The van der Waals surface area contributed by atoms with Crippen molar-refractivity contribution < 1.29 is 0 Å². The predicted octanol–water partition coefficient (Wildman–Crippen LogP) is 3.26. The Morgan fingerprint density at radius 3 is 2.43 bits per heavy atom. The molecule has 4 N–H and O–H groups in total. The van der Waals surface area contributed by atoms with Crippen LogP contribution in [0.5, 0.6) is 0 Å². The molecule has 2 saturated carbocycles. The van der Waals surface area contributed by atoms with Crippen LogP contribution >= 0.6 is 0 Å². The Morgan fingerprint density at radius 1 is 1.00 bits per heavy atom. The summed E-state index contributed by atoms with van der Waals surface area (Å²) in [7, 11) is 0. The lowest BCUT2D eigenvalue weighted by Gasteiger charge is -2.44. The van der Waals surface area contributed by atoms with Gasteiger partial charge in [-0.05, 0) is 68.4 Å². The Kier molecular flexibility index (Phi) is 6.96. The van der Waals surface area contributed by atoms with E-state index in [1.54, 1.807) is 18.5 Å². The van der Waals surface area contributed by atoms with Gasteiger partial charge in [0.2, 0.25) is 5.95 Å². The summed E-state index contributed by atoms with van der Waals surface area (Å²) < 4.78 is 0. The molecule has 2 aromatic heterocycles. The van der Waals surface area contributed by atoms with E-state index >= 15 is 0 Å². The number of hydrogen-bond donors (Lipinski definition) is 3. The highest BCUT2D eigenvalue weighted by Gasteiger charge is 2.38. The quantitative estimate of drug-likeness (QED) is 0.579. The van der Waals surface area contributed by atoms with Gasteiger partial charge in [-0.15, -0.1) is 0 Å². The van der Waals surface area contributed by atoms with Crippen LogP contribution in [0.3, 0.4) is 0 Å². The fourth-order valence-electron chi connectivity index (χ4n) is 6.06. The highest BCUT2D eigenvalue weighted by molar-refractivity contribution is 5.53. The minimum Gasteiger partial charge on any atom is -0.369 e. The zero-order valence-electron chi connectivity index (χ0n) is 20.0. The van der Waals surface area contributed by atoms with Gasteiger partial charge in [-0.25, -0.2) is 9.97 Å². The molecule has 182 valence electrons. The summed E-state index contributed by atoms with van der Waals surface area (Å²) >= 11 is 0. The van der Waals surface area contributed by atoms with E-state index in [2.05, 4.69) is 42.6 Å². The topological polar surface area (TPSA) is 140 Å². The number of piperidine rings is 1. The lowest BCUT2D eigenvalue weighted by molar-refractivity contribution is 0.112. The molecule has 3 fully saturated rings. The van der Waals surface area contributed by atoms with Gasteiger partial charge in [0, 0.05) is 37.9 Å². The van der Waals surface area contributed by atoms with Crippen molar-refractivity contribution in [3.05, 3.63) is 35.7 Å². The van der Waals surface area contributed by atoms with Crippen LogP contribution in [0.1, 0.15) is 56.1 Å². The van der Waals surface area contributed by atoms with Crippen molar-refractivity contribution in [2.45, 2.75) is 57.0 Å². The summed E-state index contributed by atoms with van der Waals surface area (Å²) in [6.07, 6.45) is 11.2. The van der Waals surface area contributed by atoms with Crippen LogP contribution in [0.2, 0.25) is 0 Å². The number of pyridine rings is 1.